The third-order valence-corrected chi connectivity index (χ3v) is 6.41. The maximum atomic E-state index is 14.5. The fourth-order valence-corrected chi connectivity index (χ4v) is 4.29. The number of hydrogen-bond acceptors (Lipinski definition) is 4. The van der Waals surface area contributed by atoms with E-state index in [1.54, 1.807) is 37.3 Å². The zero-order valence-corrected chi connectivity index (χ0v) is 19.0. The summed E-state index contributed by atoms with van der Waals surface area (Å²) in [6.07, 6.45) is 0.134. The summed E-state index contributed by atoms with van der Waals surface area (Å²) in [6.45, 7) is 1.66. The average Bonchev–Trinajstić information content (AvgIpc) is 2.79. The molecule has 0 fully saturated rings. The molecule has 3 aromatic rings. The van der Waals surface area contributed by atoms with E-state index in [1.807, 2.05) is 0 Å². The van der Waals surface area contributed by atoms with Gasteiger partial charge in [-0.1, -0.05) is 37.3 Å². The standard InChI is InChI=1S/C24H23F2N3O4S/c1-2-27-34(32,33)22-13-12-19(15-20(22)26)28-24(31)21(14-16-6-4-3-5-7-16)29-23(30)17-8-10-18(25)11-9-17/h3-13,15,21,27H,2,14H2,1H3,(H,28,31)(H,29,30). The van der Waals surface area contributed by atoms with Gasteiger partial charge in [-0.05, 0) is 48.0 Å². The van der Waals surface area contributed by atoms with E-state index in [0.29, 0.717) is 0 Å². The molecule has 0 radical (unpaired) electrons. The quantitative estimate of drug-likeness (QED) is 0.431. The molecular formula is C24H23F2N3O4S. The molecule has 10 heteroatoms. The van der Waals surface area contributed by atoms with Crippen LogP contribution in [0, 0.1) is 11.6 Å². The number of anilines is 1. The number of sulfonamides is 1. The van der Waals surface area contributed by atoms with Gasteiger partial charge in [-0.2, -0.15) is 0 Å². The van der Waals surface area contributed by atoms with Gasteiger partial charge in [0, 0.05) is 24.2 Å². The van der Waals surface area contributed by atoms with Crippen molar-refractivity contribution in [2.45, 2.75) is 24.3 Å². The molecular weight excluding hydrogens is 464 g/mol. The van der Waals surface area contributed by atoms with Crippen LogP contribution >= 0.6 is 0 Å². The van der Waals surface area contributed by atoms with E-state index in [4.69, 9.17) is 0 Å². The minimum Gasteiger partial charge on any atom is -0.340 e. The highest BCUT2D eigenvalue weighted by molar-refractivity contribution is 7.89. The van der Waals surface area contributed by atoms with E-state index in [1.165, 1.54) is 18.2 Å². The lowest BCUT2D eigenvalue weighted by Crippen LogP contribution is -2.45. The normalized spacial score (nSPS) is 12.1. The minimum absolute atomic E-state index is 0.0204. The van der Waals surface area contributed by atoms with E-state index in [-0.39, 0.29) is 24.2 Å². The van der Waals surface area contributed by atoms with Crippen molar-refractivity contribution in [2.75, 3.05) is 11.9 Å². The van der Waals surface area contributed by atoms with Crippen LogP contribution in [0.5, 0.6) is 0 Å². The number of carbonyl (C=O) groups is 2. The highest BCUT2D eigenvalue weighted by Crippen LogP contribution is 2.19. The van der Waals surface area contributed by atoms with Crippen molar-refractivity contribution in [1.29, 1.82) is 0 Å². The molecule has 3 rings (SSSR count). The SMILES string of the molecule is CCNS(=O)(=O)c1ccc(NC(=O)C(Cc2ccccc2)NC(=O)c2ccc(F)cc2)cc1F. The summed E-state index contributed by atoms with van der Waals surface area (Å²) in [4.78, 5) is 25.1. The van der Waals surface area contributed by atoms with Crippen LogP contribution in [0.25, 0.3) is 0 Å². The van der Waals surface area contributed by atoms with Gasteiger partial charge in [0.1, 0.15) is 22.6 Å². The van der Waals surface area contributed by atoms with E-state index in [0.717, 1.165) is 29.8 Å². The third-order valence-electron chi connectivity index (χ3n) is 4.83. The molecule has 0 bridgehead atoms. The van der Waals surface area contributed by atoms with Crippen molar-refractivity contribution in [2.24, 2.45) is 0 Å². The Morgan fingerprint density at radius 3 is 2.24 bits per heavy atom. The summed E-state index contributed by atoms with van der Waals surface area (Å²) in [5.41, 5.74) is 0.948. The van der Waals surface area contributed by atoms with E-state index < -0.39 is 44.4 Å². The second kappa shape index (κ2) is 11.0. The van der Waals surface area contributed by atoms with Gasteiger partial charge >= 0.3 is 0 Å². The van der Waals surface area contributed by atoms with Gasteiger partial charge in [0.25, 0.3) is 5.91 Å². The van der Waals surface area contributed by atoms with Crippen molar-refractivity contribution in [1.82, 2.24) is 10.0 Å². The Kier molecular flexibility index (Phi) is 8.08. The Balaban J connectivity index is 1.81. The number of halogens is 2. The van der Waals surface area contributed by atoms with Crippen LogP contribution in [0.2, 0.25) is 0 Å². The Morgan fingerprint density at radius 2 is 1.62 bits per heavy atom. The van der Waals surface area contributed by atoms with Gasteiger partial charge in [0.15, 0.2) is 0 Å². The van der Waals surface area contributed by atoms with Crippen molar-refractivity contribution in [3.63, 3.8) is 0 Å². The van der Waals surface area contributed by atoms with Gasteiger partial charge in [0.2, 0.25) is 15.9 Å². The Labute approximate surface area is 196 Å². The Bertz CT molecular complexity index is 1270. The number of carbonyl (C=O) groups excluding carboxylic acids is 2. The number of nitrogens with one attached hydrogen (secondary N) is 3. The van der Waals surface area contributed by atoms with Crippen LogP contribution in [0.1, 0.15) is 22.8 Å². The molecule has 2 amide bonds. The second-order valence-electron chi connectivity index (χ2n) is 7.36. The molecule has 0 spiro atoms. The van der Waals surface area contributed by atoms with Crippen molar-refractivity contribution in [3.8, 4) is 0 Å². The number of amides is 2. The second-order valence-corrected chi connectivity index (χ2v) is 9.09. The number of hydrogen-bond donors (Lipinski definition) is 3. The summed E-state index contributed by atoms with van der Waals surface area (Å²) >= 11 is 0. The Hall–Kier alpha value is -3.63. The van der Waals surface area contributed by atoms with E-state index in [2.05, 4.69) is 15.4 Å². The van der Waals surface area contributed by atoms with Crippen LogP contribution in [-0.4, -0.2) is 32.8 Å². The maximum Gasteiger partial charge on any atom is 0.251 e. The first-order chi connectivity index (χ1) is 16.2. The van der Waals surface area contributed by atoms with Gasteiger partial charge < -0.3 is 10.6 Å². The van der Waals surface area contributed by atoms with Crippen molar-refractivity contribution >= 4 is 27.5 Å². The number of benzene rings is 3. The molecule has 0 heterocycles. The molecule has 0 saturated carbocycles. The lowest BCUT2D eigenvalue weighted by Gasteiger charge is -2.19. The molecule has 1 atom stereocenters. The minimum atomic E-state index is -4.01. The molecule has 3 N–H and O–H groups in total. The molecule has 0 aliphatic carbocycles. The van der Waals surface area contributed by atoms with E-state index in [9.17, 15) is 26.8 Å². The zero-order chi connectivity index (χ0) is 24.7. The summed E-state index contributed by atoms with van der Waals surface area (Å²) in [7, 11) is -4.01. The van der Waals surface area contributed by atoms with Crippen molar-refractivity contribution in [3.05, 3.63) is 95.6 Å². The van der Waals surface area contributed by atoms with Gasteiger partial charge in [-0.3, -0.25) is 9.59 Å². The molecule has 0 aromatic heterocycles. The van der Waals surface area contributed by atoms with Gasteiger partial charge in [-0.25, -0.2) is 21.9 Å². The molecule has 0 aliphatic heterocycles. The largest absolute Gasteiger partial charge is 0.340 e. The van der Waals surface area contributed by atoms with Crippen molar-refractivity contribution < 1.29 is 26.8 Å². The van der Waals surface area contributed by atoms with Gasteiger partial charge in [-0.15, -0.1) is 0 Å². The highest BCUT2D eigenvalue weighted by Gasteiger charge is 2.24. The topological polar surface area (TPSA) is 104 Å². The summed E-state index contributed by atoms with van der Waals surface area (Å²) in [5.74, 6) is -2.76. The predicted octanol–water partition coefficient (Wildman–Crippen LogP) is 3.24. The highest BCUT2D eigenvalue weighted by atomic mass is 32.2. The fourth-order valence-electron chi connectivity index (χ4n) is 3.20. The van der Waals surface area contributed by atoms with Crippen LogP contribution in [-0.2, 0) is 21.2 Å². The molecule has 178 valence electrons. The third kappa shape index (κ3) is 6.46. The first kappa shape index (κ1) is 25.0. The molecule has 1 unspecified atom stereocenters. The Morgan fingerprint density at radius 1 is 0.941 bits per heavy atom. The summed E-state index contributed by atoms with van der Waals surface area (Å²) < 4.78 is 54.0. The molecule has 3 aromatic carbocycles. The van der Waals surface area contributed by atoms with Crippen LogP contribution in [0.3, 0.4) is 0 Å². The molecule has 0 aliphatic rings. The summed E-state index contributed by atoms with van der Waals surface area (Å²) in [6, 6.07) is 15.9. The van der Waals surface area contributed by atoms with Crippen LogP contribution in [0.4, 0.5) is 14.5 Å². The monoisotopic (exact) mass is 487 g/mol. The number of rotatable bonds is 9. The lowest BCUT2D eigenvalue weighted by atomic mass is 10.0. The van der Waals surface area contributed by atoms with E-state index >= 15 is 0 Å². The average molecular weight is 488 g/mol. The van der Waals surface area contributed by atoms with Crippen LogP contribution in [0.15, 0.2) is 77.7 Å². The lowest BCUT2D eigenvalue weighted by molar-refractivity contribution is -0.118. The van der Waals surface area contributed by atoms with Gasteiger partial charge in [0.05, 0.1) is 0 Å². The molecule has 7 nitrogen and oxygen atoms in total. The summed E-state index contributed by atoms with van der Waals surface area (Å²) in [5, 5.41) is 5.13. The first-order valence-electron chi connectivity index (χ1n) is 10.4. The fraction of sp³-hybridized carbons (Fsp3) is 0.167. The smallest absolute Gasteiger partial charge is 0.251 e. The first-order valence-corrected chi connectivity index (χ1v) is 11.9. The predicted molar refractivity (Wildman–Crippen MR) is 124 cm³/mol. The zero-order valence-electron chi connectivity index (χ0n) is 18.2. The molecule has 34 heavy (non-hydrogen) atoms. The van der Waals surface area contributed by atoms with Crippen LogP contribution < -0.4 is 15.4 Å². The molecule has 0 saturated heterocycles. The maximum absolute atomic E-state index is 14.5.